The summed E-state index contributed by atoms with van der Waals surface area (Å²) in [5.74, 6) is -0.567. The molecule has 0 bridgehead atoms. The number of halogens is 1. The van der Waals surface area contributed by atoms with Gasteiger partial charge in [0.15, 0.2) is 0 Å². The van der Waals surface area contributed by atoms with Gasteiger partial charge in [0.05, 0.1) is 6.54 Å². The highest BCUT2D eigenvalue weighted by atomic mass is 32.1. The Kier molecular flexibility index (Phi) is 5.69. The second-order valence-corrected chi connectivity index (χ2v) is 4.44. The zero-order valence-corrected chi connectivity index (χ0v) is 11.9. The van der Waals surface area contributed by atoms with Gasteiger partial charge in [-0.25, -0.2) is 4.39 Å². The number of nitrogens with zero attached hydrogens (tertiary/aromatic N) is 1. The van der Waals surface area contributed by atoms with E-state index in [1.54, 1.807) is 11.0 Å². The molecule has 0 aliphatic rings. The summed E-state index contributed by atoms with van der Waals surface area (Å²) in [4.78, 5) is 13.4. The van der Waals surface area contributed by atoms with Crippen molar-refractivity contribution in [2.75, 3.05) is 24.5 Å². The van der Waals surface area contributed by atoms with E-state index < -0.39 is 5.82 Å². The van der Waals surface area contributed by atoms with Gasteiger partial charge in [-0.3, -0.25) is 4.79 Å². The van der Waals surface area contributed by atoms with Crippen molar-refractivity contribution in [1.29, 1.82) is 0 Å². The van der Waals surface area contributed by atoms with Crippen molar-refractivity contribution in [2.24, 2.45) is 5.73 Å². The van der Waals surface area contributed by atoms with Gasteiger partial charge in [0.25, 0.3) is 0 Å². The topological polar surface area (TPSA) is 58.4 Å². The number of carbonyl (C=O) groups is 1. The first-order valence-corrected chi connectivity index (χ1v) is 6.51. The van der Waals surface area contributed by atoms with Crippen LogP contribution in [0.25, 0.3) is 0 Å². The summed E-state index contributed by atoms with van der Waals surface area (Å²) in [5, 5.41) is 2.71. The number of hydrogen-bond donors (Lipinski definition) is 2. The third kappa shape index (κ3) is 4.17. The third-order valence-electron chi connectivity index (χ3n) is 2.67. The van der Waals surface area contributed by atoms with Crippen molar-refractivity contribution >= 4 is 28.8 Å². The molecule has 0 atom stereocenters. The number of carbonyl (C=O) groups excluding carboxylic acids is 1. The zero-order chi connectivity index (χ0) is 14.4. The molecular formula is C13H18FN3OS. The summed E-state index contributed by atoms with van der Waals surface area (Å²) in [6, 6.07) is 4.59. The summed E-state index contributed by atoms with van der Waals surface area (Å²) in [6.07, 6.45) is 0. The van der Waals surface area contributed by atoms with E-state index in [9.17, 15) is 9.18 Å². The highest BCUT2D eigenvalue weighted by Gasteiger charge is 2.12. The molecule has 0 fully saturated rings. The molecule has 1 aromatic rings. The van der Waals surface area contributed by atoms with Crippen molar-refractivity contribution in [3.8, 4) is 0 Å². The van der Waals surface area contributed by atoms with Crippen molar-refractivity contribution < 1.29 is 9.18 Å². The van der Waals surface area contributed by atoms with E-state index in [0.29, 0.717) is 18.8 Å². The number of rotatable bonds is 6. The molecule has 3 N–H and O–H groups in total. The molecule has 0 saturated carbocycles. The van der Waals surface area contributed by atoms with E-state index >= 15 is 0 Å². The van der Waals surface area contributed by atoms with Crippen molar-refractivity contribution in [3.05, 3.63) is 29.6 Å². The minimum Gasteiger partial charge on any atom is -0.389 e. The lowest BCUT2D eigenvalue weighted by Crippen LogP contribution is -2.37. The van der Waals surface area contributed by atoms with Gasteiger partial charge in [-0.2, -0.15) is 0 Å². The maximum atomic E-state index is 13.8. The fraction of sp³-hybridized carbons (Fsp3) is 0.385. The van der Waals surface area contributed by atoms with E-state index in [0.717, 1.165) is 0 Å². The Hall–Kier alpha value is -1.69. The summed E-state index contributed by atoms with van der Waals surface area (Å²) < 4.78 is 13.8. The Labute approximate surface area is 117 Å². The number of likely N-dealkylation sites (N-methyl/N-ethyl adjacent to an activating group) is 2. The number of nitrogens with one attached hydrogen (secondary N) is 1. The van der Waals surface area contributed by atoms with E-state index in [2.05, 4.69) is 5.32 Å². The fourth-order valence-corrected chi connectivity index (χ4v) is 1.88. The molecule has 104 valence electrons. The van der Waals surface area contributed by atoms with Gasteiger partial charge in [0.2, 0.25) is 5.91 Å². The van der Waals surface area contributed by atoms with Crippen LogP contribution in [0.2, 0.25) is 0 Å². The average Bonchev–Trinajstić information content (AvgIpc) is 2.35. The van der Waals surface area contributed by atoms with Crippen LogP contribution in [0.15, 0.2) is 18.2 Å². The van der Waals surface area contributed by atoms with Crippen LogP contribution in [0.3, 0.4) is 0 Å². The minimum absolute atomic E-state index is 0.0239. The molecule has 0 aliphatic heterocycles. The predicted molar refractivity (Wildman–Crippen MR) is 78.9 cm³/mol. The maximum Gasteiger partial charge on any atom is 0.239 e. The Balaban J connectivity index is 2.90. The molecule has 0 aliphatic carbocycles. The monoisotopic (exact) mass is 283 g/mol. The van der Waals surface area contributed by atoms with Crippen LogP contribution in [0.4, 0.5) is 10.1 Å². The lowest BCUT2D eigenvalue weighted by Gasteiger charge is -2.22. The molecule has 1 amide bonds. The van der Waals surface area contributed by atoms with Crippen LogP contribution in [0, 0.1) is 5.82 Å². The molecule has 0 aromatic heterocycles. The molecule has 0 saturated heterocycles. The molecular weight excluding hydrogens is 265 g/mol. The lowest BCUT2D eigenvalue weighted by molar-refractivity contribution is -0.119. The fourth-order valence-electron chi connectivity index (χ4n) is 1.71. The number of benzene rings is 1. The molecule has 1 rings (SSSR count). The summed E-state index contributed by atoms with van der Waals surface area (Å²) >= 11 is 4.75. The van der Waals surface area contributed by atoms with Gasteiger partial charge >= 0.3 is 0 Å². The molecule has 19 heavy (non-hydrogen) atoms. The largest absolute Gasteiger partial charge is 0.389 e. The van der Waals surface area contributed by atoms with Crippen LogP contribution >= 0.6 is 12.2 Å². The normalized spacial score (nSPS) is 10.1. The van der Waals surface area contributed by atoms with Gasteiger partial charge in [-0.1, -0.05) is 12.2 Å². The number of amides is 1. The summed E-state index contributed by atoms with van der Waals surface area (Å²) in [7, 11) is 0. The second-order valence-electron chi connectivity index (χ2n) is 4.00. The summed E-state index contributed by atoms with van der Waals surface area (Å²) in [6.45, 7) is 5.12. The highest BCUT2D eigenvalue weighted by molar-refractivity contribution is 7.80. The Morgan fingerprint density at radius 3 is 2.63 bits per heavy atom. The first-order valence-electron chi connectivity index (χ1n) is 6.10. The standard InChI is InChI=1S/C13H18FN3OS/c1-3-16-12(18)8-17(4-2)9-5-6-10(13(15)19)11(14)7-9/h5-7H,3-4,8H2,1-2H3,(H2,15,19)(H,16,18). The van der Waals surface area contributed by atoms with Crippen LogP contribution in [0.1, 0.15) is 19.4 Å². The molecule has 0 unspecified atom stereocenters. The zero-order valence-electron chi connectivity index (χ0n) is 11.1. The van der Waals surface area contributed by atoms with Crippen molar-refractivity contribution in [2.45, 2.75) is 13.8 Å². The number of anilines is 1. The van der Waals surface area contributed by atoms with E-state index in [4.69, 9.17) is 18.0 Å². The lowest BCUT2D eigenvalue weighted by atomic mass is 10.1. The quantitative estimate of drug-likeness (QED) is 0.775. The predicted octanol–water partition coefficient (Wildman–Crippen LogP) is 1.42. The number of hydrogen-bond acceptors (Lipinski definition) is 3. The summed E-state index contributed by atoms with van der Waals surface area (Å²) in [5.41, 5.74) is 6.25. The van der Waals surface area contributed by atoms with E-state index in [1.807, 2.05) is 13.8 Å². The molecule has 1 aromatic carbocycles. The minimum atomic E-state index is -0.473. The Bertz CT molecular complexity index is 479. The molecule has 0 heterocycles. The second kappa shape index (κ2) is 7.04. The van der Waals surface area contributed by atoms with Gasteiger partial charge in [-0.05, 0) is 32.0 Å². The Morgan fingerprint density at radius 2 is 2.16 bits per heavy atom. The van der Waals surface area contributed by atoms with Crippen molar-refractivity contribution in [1.82, 2.24) is 5.32 Å². The number of thiocarbonyl (C=S) groups is 1. The molecule has 0 spiro atoms. The molecule has 4 nitrogen and oxygen atoms in total. The third-order valence-corrected chi connectivity index (χ3v) is 2.89. The molecule has 0 radical (unpaired) electrons. The average molecular weight is 283 g/mol. The van der Waals surface area contributed by atoms with Gasteiger partial charge in [0.1, 0.15) is 10.8 Å². The molecule has 6 heteroatoms. The Morgan fingerprint density at radius 1 is 1.47 bits per heavy atom. The van der Waals surface area contributed by atoms with Crippen molar-refractivity contribution in [3.63, 3.8) is 0 Å². The maximum absolute atomic E-state index is 13.8. The van der Waals surface area contributed by atoms with E-state index in [-0.39, 0.29) is 23.0 Å². The van der Waals surface area contributed by atoms with Gasteiger partial charge in [-0.15, -0.1) is 0 Å². The van der Waals surface area contributed by atoms with Crippen LogP contribution in [0.5, 0.6) is 0 Å². The van der Waals surface area contributed by atoms with Crippen LogP contribution in [-0.4, -0.2) is 30.5 Å². The SMILES string of the molecule is CCNC(=O)CN(CC)c1ccc(C(N)=S)c(F)c1. The van der Waals surface area contributed by atoms with Gasteiger partial charge < -0.3 is 16.0 Å². The highest BCUT2D eigenvalue weighted by Crippen LogP contribution is 2.18. The first-order chi connectivity index (χ1) is 8.99. The van der Waals surface area contributed by atoms with E-state index in [1.165, 1.54) is 12.1 Å². The first kappa shape index (κ1) is 15.4. The number of nitrogens with two attached hydrogens (primary N) is 1. The smallest absolute Gasteiger partial charge is 0.239 e. The van der Waals surface area contributed by atoms with Gasteiger partial charge in [0, 0.05) is 24.3 Å². The van der Waals surface area contributed by atoms with Crippen LogP contribution in [-0.2, 0) is 4.79 Å². The van der Waals surface area contributed by atoms with Crippen LogP contribution < -0.4 is 16.0 Å².